The highest BCUT2D eigenvalue weighted by atomic mass is 15.1. The van der Waals surface area contributed by atoms with E-state index in [2.05, 4.69) is 231 Å². The fraction of sp³-hybridized carbons (Fsp3) is 0.0526. The van der Waals surface area contributed by atoms with E-state index in [-0.39, 0.29) is 5.41 Å². The zero-order chi connectivity index (χ0) is 38.8. The van der Waals surface area contributed by atoms with E-state index in [0.29, 0.717) is 0 Å². The molecule has 0 spiro atoms. The third-order valence-electron chi connectivity index (χ3n) is 12.5. The van der Waals surface area contributed by atoms with Gasteiger partial charge in [-0.05, 0) is 136 Å². The van der Waals surface area contributed by atoms with E-state index in [1.54, 1.807) is 0 Å². The number of rotatable bonds is 6. The van der Waals surface area contributed by atoms with Crippen molar-refractivity contribution in [3.63, 3.8) is 0 Å². The summed E-state index contributed by atoms with van der Waals surface area (Å²) >= 11 is 0. The lowest BCUT2D eigenvalue weighted by Crippen LogP contribution is -2.16. The highest BCUT2D eigenvalue weighted by molar-refractivity contribution is 6.25. The molecule has 0 fully saturated rings. The summed E-state index contributed by atoms with van der Waals surface area (Å²) < 4.78 is 0. The first-order valence-electron chi connectivity index (χ1n) is 20.3. The van der Waals surface area contributed by atoms with E-state index >= 15 is 0 Å². The van der Waals surface area contributed by atoms with E-state index in [1.807, 2.05) is 0 Å². The van der Waals surface area contributed by atoms with E-state index in [1.165, 1.54) is 88.0 Å². The molecule has 0 radical (unpaired) electrons. The highest BCUT2D eigenvalue weighted by Crippen LogP contribution is 2.51. The second kappa shape index (κ2) is 13.5. The van der Waals surface area contributed by atoms with Gasteiger partial charge < -0.3 is 4.90 Å². The van der Waals surface area contributed by atoms with Crippen molar-refractivity contribution in [3.8, 4) is 44.5 Å². The largest absolute Gasteiger partial charge is 0.310 e. The van der Waals surface area contributed by atoms with Gasteiger partial charge >= 0.3 is 0 Å². The number of benzene rings is 10. The second-order valence-corrected chi connectivity index (χ2v) is 16.1. The molecule has 0 aromatic heterocycles. The minimum atomic E-state index is -0.0917. The normalized spacial score (nSPS) is 12.8. The fourth-order valence-electron chi connectivity index (χ4n) is 9.48. The van der Waals surface area contributed by atoms with Crippen LogP contribution in [0.5, 0.6) is 0 Å². The van der Waals surface area contributed by atoms with E-state index in [4.69, 9.17) is 0 Å². The molecule has 1 aliphatic rings. The first kappa shape index (κ1) is 34.1. The lowest BCUT2D eigenvalue weighted by molar-refractivity contribution is 0.660. The average Bonchev–Trinajstić information content (AvgIpc) is 3.52. The van der Waals surface area contributed by atoms with Crippen molar-refractivity contribution in [2.45, 2.75) is 19.3 Å². The van der Waals surface area contributed by atoms with Gasteiger partial charge in [0, 0.05) is 22.5 Å². The Morgan fingerprint density at radius 2 is 0.707 bits per heavy atom. The molecule has 1 aliphatic carbocycles. The van der Waals surface area contributed by atoms with Crippen molar-refractivity contribution in [2.75, 3.05) is 4.90 Å². The Hall–Kier alpha value is -7.22. The minimum absolute atomic E-state index is 0.0917. The van der Waals surface area contributed by atoms with Gasteiger partial charge in [0.1, 0.15) is 0 Å². The van der Waals surface area contributed by atoms with Crippen molar-refractivity contribution in [1.82, 2.24) is 0 Å². The van der Waals surface area contributed by atoms with Crippen molar-refractivity contribution in [3.05, 3.63) is 223 Å². The summed E-state index contributed by atoms with van der Waals surface area (Å²) in [6.07, 6.45) is 0. The Morgan fingerprint density at radius 3 is 1.36 bits per heavy atom. The van der Waals surface area contributed by atoms with Crippen LogP contribution >= 0.6 is 0 Å². The summed E-state index contributed by atoms with van der Waals surface area (Å²) in [5.41, 5.74) is 16.0. The van der Waals surface area contributed by atoms with Crippen LogP contribution in [0.15, 0.2) is 212 Å². The maximum absolute atomic E-state index is 2.41. The average molecular weight is 740 g/mol. The summed E-state index contributed by atoms with van der Waals surface area (Å²) in [4.78, 5) is 2.40. The second-order valence-electron chi connectivity index (χ2n) is 16.1. The van der Waals surface area contributed by atoms with Crippen molar-refractivity contribution >= 4 is 49.4 Å². The monoisotopic (exact) mass is 739 g/mol. The molecule has 0 saturated carbocycles. The third kappa shape index (κ3) is 5.54. The van der Waals surface area contributed by atoms with E-state index in [0.717, 1.165) is 17.1 Å². The zero-order valence-electron chi connectivity index (χ0n) is 32.7. The highest BCUT2D eigenvalue weighted by Gasteiger charge is 2.35. The van der Waals surface area contributed by atoms with Gasteiger partial charge in [0.05, 0.1) is 0 Å². The van der Waals surface area contributed by atoms with Crippen molar-refractivity contribution < 1.29 is 0 Å². The standard InChI is InChI=1S/C57H41N/c1-57(2)55-22-11-10-21-52(55)53-34-32-46(37-56(53)57)58(44-28-23-39(24-29-44)38-13-4-3-5-14-38)45-30-25-40(26-31-45)41-15-12-16-42(35-41)43-27-33-51-49-19-7-6-17-47(49)48-18-8-9-20-50(48)54(51)36-43/h3-37H,1-2H3. The molecule has 10 aromatic rings. The molecule has 0 amide bonds. The molecule has 0 heterocycles. The molecule has 274 valence electrons. The Labute approximate surface area is 340 Å². The Balaban J connectivity index is 0.977. The summed E-state index contributed by atoms with van der Waals surface area (Å²) in [5, 5.41) is 7.77. The number of anilines is 3. The summed E-state index contributed by atoms with van der Waals surface area (Å²) in [6.45, 7) is 4.71. The smallest absolute Gasteiger partial charge is 0.0465 e. The number of hydrogen-bond donors (Lipinski definition) is 0. The van der Waals surface area contributed by atoms with Gasteiger partial charge in [0.2, 0.25) is 0 Å². The van der Waals surface area contributed by atoms with Crippen LogP contribution < -0.4 is 4.90 Å². The molecule has 0 atom stereocenters. The topological polar surface area (TPSA) is 3.24 Å². The van der Waals surface area contributed by atoms with Crippen LogP contribution in [0.2, 0.25) is 0 Å². The van der Waals surface area contributed by atoms with Gasteiger partial charge in [-0.2, -0.15) is 0 Å². The predicted molar refractivity (Wildman–Crippen MR) is 248 cm³/mol. The molecule has 11 rings (SSSR count). The van der Waals surface area contributed by atoms with Gasteiger partial charge in [0.15, 0.2) is 0 Å². The summed E-state index contributed by atoms with van der Waals surface area (Å²) in [7, 11) is 0. The molecule has 0 unspecified atom stereocenters. The lowest BCUT2D eigenvalue weighted by atomic mass is 9.82. The van der Waals surface area contributed by atoms with Crippen LogP contribution in [0.25, 0.3) is 76.8 Å². The quantitative estimate of drug-likeness (QED) is 0.154. The summed E-state index contributed by atoms with van der Waals surface area (Å²) in [6, 6.07) is 78.1. The van der Waals surface area contributed by atoms with Crippen LogP contribution in [0.1, 0.15) is 25.0 Å². The molecule has 1 nitrogen and oxygen atoms in total. The maximum Gasteiger partial charge on any atom is 0.0465 e. The molecule has 58 heavy (non-hydrogen) atoms. The first-order chi connectivity index (χ1) is 28.5. The SMILES string of the molecule is CC1(C)c2ccccc2-c2ccc(N(c3ccc(-c4ccccc4)cc3)c3ccc(-c4cccc(-c5ccc6c7ccccc7c7ccccc7c6c5)c4)cc3)cc21. The molecule has 1 heteroatoms. The molecule has 0 saturated heterocycles. The van der Waals surface area contributed by atoms with Crippen LogP contribution in [-0.2, 0) is 5.41 Å². The van der Waals surface area contributed by atoms with Crippen molar-refractivity contribution in [2.24, 2.45) is 0 Å². The first-order valence-corrected chi connectivity index (χ1v) is 20.3. The Bertz CT molecular complexity index is 3140. The van der Waals surface area contributed by atoms with Gasteiger partial charge in [-0.3, -0.25) is 0 Å². The van der Waals surface area contributed by atoms with Crippen molar-refractivity contribution in [1.29, 1.82) is 0 Å². The third-order valence-corrected chi connectivity index (χ3v) is 12.5. The minimum Gasteiger partial charge on any atom is -0.310 e. The maximum atomic E-state index is 2.41. The number of fused-ring (bicyclic) bond motifs is 9. The zero-order valence-corrected chi connectivity index (χ0v) is 32.7. The molecule has 10 aromatic carbocycles. The van der Waals surface area contributed by atoms with Crippen LogP contribution in [0, 0.1) is 0 Å². The van der Waals surface area contributed by atoms with Crippen LogP contribution in [0.4, 0.5) is 17.1 Å². The molecule has 0 bridgehead atoms. The van der Waals surface area contributed by atoms with Gasteiger partial charge in [-0.25, -0.2) is 0 Å². The molecule has 0 aliphatic heterocycles. The summed E-state index contributed by atoms with van der Waals surface area (Å²) in [5.74, 6) is 0. The number of nitrogens with zero attached hydrogens (tertiary/aromatic N) is 1. The van der Waals surface area contributed by atoms with E-state index in [9.17, 15) is 0 Å². The van der Waals surface area contributed by atoms with Crippen LogP contribution in [0.3, 0.4) is 0 Å². The Morgan fingerprint density at radius 1 is 0.276 bits per heavy atom. The van der Waals surface area contributed by atoms with Gasteiger partial charge in [-0.15, -0.1) is 0 Å². The van der Waals surface area contributed by atoms with Gasteiger partial charge in [0.25, 0.3) is 0 Å². The Kier molecular flexibility index (Phi) is 7.91. The molecular weight excluding hydrogens is 699 g/mol. The predicted octanol–water partition coefficient (Wildman–Crippen LogP) is 15.9. The van der Waals surface area contributed by atoms with E-state index < -0.39 is 0 Å². The van der Waals surface area contributed by atoms with Crippen LogP contribution in [-0.4, -0.2) is 0 Å². The molecular formula is C57H41N. The molecule has 0 N–H and O–H groups in total. The number of hydrogen-bond acceptors (Lipinski definition) is 1. The fourth-order valence-corrected chi connectivity index (χ4v) is 9.48. The lowest BCUT2D eigenvalue weighted by Gasteiger charge is -2.28. The van der Waals surface area contributed by atoms with Gasteiger partial charge in [-0.1, -0.05) is 178 Å².